The van der Waals surface area contributed by atoms with Gasteiger partial charge in [-0.05, 0) is 43.5 Å². The second-order valence-corrected chi connectivity index (χ2v) is 11.2. The van der Waals surface area contributed by atoms with Gasteiger partial charge in [0.1, 0.15) is 11.8 Å². The highest BCUT2D eigenvalue weighted by atomic mass is 16.5. The third kappa shape index (κ3) is 10.4. The summed E-state index contributed by atoms with van der Waals surface area (Å²) in [7, 11) is 0. The number of nitrogens with one attached hydrogen (secondary N) is 5. The predicted octanol–water partition coefficient (Wildman–Crippen LogP) is -0.0764. The van der Waals surface area contributed by atoms with Crippen LogP contribution in [0.2, 0.25) is 0 Å². The van der Waals surface area contributed by atoms with Crippen LogP contribution in [0.3, 0.4) is 0 Å². The fourth-order valence-electron chi connectivity index (χ4n) is 5.34. The van der Waals surface area contributed by atoms with Crippen molar-refractivity contribution in [2.75, 3.05) is 57.8 Å². The van der Waals surface area contributed by atoms with Crippen molar-refractivity contribution in [2.45, 2.75) is 37.8 Å². The number of fused-ring (bicyclic) bond motifs is 3. The first-order chi connectivity index (χ1) is 22.3. The summed E-state index contributed by atoms with van der Waals surface area (Å²) in [5.74, 6) is -1.77. The van der Waals surface area contributed by atoms with Crippen molar-refractivity contribution >= 4 is 35.2 Å². The largest absolute Gasteiger partial charge is 0.469 e. The Balaban J connectivity index is 1.56. The number of anilines is 1. The molecule has 0 aliphatic carbocycles. The summed E-state index contributed by atoms with van der Waals surface area (Å²) in [6.45, 7) is 2.21. The zero-order chi connectivity index (χ0) is 32.7. The molecule has 2 aliphatic rings. The minimum atomic E-state index is -0.983. The summed E-state index contributed by atoms with van der Waals surface area (Å²) in [5.41, 5.74) is 6.25. The minimum absolute atomic E-state index is 0.0553. The van der Waals surface area contributed by atoms with Gasteiger partial charge < -0.3 is 46.4 Å². The smallest absolute Gasteiger partial charge is 0.254 e. The van der Waals surface area contributed by atoms with E-state index in [0.717, 1.165) is 6.08 Å². The first-order valence-corrected chi connectivity index (χ1v) is 15.6. The molecule has 0 radical (unpaired) electrons. The Morgan fingerprint density at radius 2 is 1.87 bits per heavy atom. The molecule has 1 aromatic heterocycles. The molecule has 14 heteroatoms. The van der Waals surface area contributed by atoms with Crippen molar-refractivity contribution in [1.82, 2.24) is 26.2 Å². The molecule has 5 amide bonds. The molecule has 3 heterocycles. The Morgan fingerprint density at radius 1 is 1.02 bits per heavy atom. The molecular formula is C32H43N7O7. The molecule has 0 saturated carbocycles. The summed E-state index contributed by atoms with van der Waals surface area (Å²) < 4.78 is 10.9. The lowest BCUT2D eigenvalue weighted by Crippen LogP contribution is -2.50. The fraction of sp³-hybridized carbons (Fsp3) is 0.469. The summed E-state index contributed by atoms with van der Waals surface area (Å²) in [6.07, 6.45) is 5.64. The number of nitrogens with two attached hydrogens (primary N) is 1. The van der Waals surface area contributed by atoms with E-state index in [1.54, 1.807) is 41.5 Å². The zero-order valence-corrected chi connectivity index (χ0v) is 25.8. The van der Waals surface area contributed by atoms with E-state index >= 15 is 0 Å². The molecule has 14 nitrogen and oxygen atoms in total. The monoisotopic (exact) mass is 637 g/mol. The number of piperidine rings is 1. The lowest BCUT2D eigenvalue weighted by molar-refractivity contribution is -0.132. The molecule has 3 atom stereocenters. The number of carbonyl (C=O) groups excluding carboxylic acids is 5. The normalized spacial score (nSPS) is 22.4. The Labute approximate surface area is 267 Å². The first-order valence-electron chi connectivity index (χ1n) is 15.6. The molecule has 1 aromatic carbocycles. The molecule has 1 fully saturated rings. The number of furan rings is 1. The highest BCUT2D eigenvalue weighted by molar-refractivity contribution is 6.02. The number of hydrogen-bond donors (Lipinski definition) is 6. The maximum atomic E-state index is 13.5. The number of rotatable bonds is 8. The van der Waals surface area contributed by atoms with Gasteiger partial charge in [0.25, 0.3) is 5.91 Å². The maximum Gasteiger partial charge on any atom is 0.254 e. The molecular weight excluding hydrogens is 594 g/mol. The van der Waals surface area contributed by atoms with Crippen molar-refractivity contribution in [1.29, 1.82) is 0 Å². The molecule has 7 N–H and O–H groups in total. The third-order valence-electron chi connectivity index (χ3n) is 7.73. The van der Waals surface area contributed by atoms with E-state index < -0.39 is 35.7 Å². The summed E-state index contributed by atoms with van der Waals surface area (Å²) in [5, 5.41) is 14.6. The van der Waals surface area contributed by atoms with E-state index in [9.17, 15) is 24.0 Å². The number of ether oxygens (including phenoxy) is 1. The number of hydrogen-bond acceptors (Lipinski definition) is 9. The van der Waals surface area contributed by atoms with Crippen LogP contribution in [0.5, 0.6) is 0 Å². The highest BCUT2D eigenvalue weighted by Gasteiger charge is 2.30. The van der Waals surface area contributed by atoms with Crippen LogP contribution in [0, 0.1) is 5.92 Å². The van der Waals surface area contributed by atoms with Crippen LogP contribution in [-0.4, -0.2) is 99.0 Å². The molecule has 2 bridgehead atoms. The topological polar surface area (TPSA) is 197 Å². The van der Waals surface area contributed by atoms with Crippen LogP contribution in [0.1, 0.15) is 35.4 Å². The standard InChI is InChI=1S/C32H43N7O7/c33-12-17-45-18-14-35-32(44)27-11-13-34-28(40)9-10-29(41)39-15-3-5-22(21-39)30(42)37-23(19-24-6-4-16-46-24)20-36-26-8-2-1-7-25(26)31(43)38-27/h1-2,4,6-10,16,22-23,27,36H,3,5,11-15,17-21,33H2,(H,34,40)(H,35,44)(H,37,42)(H,38,43)/b10-9+/t22-,23+,27+/m1/s1. The number of benzene rings is 1. The molecule has 2 aliphatic heterocycles. The van der Waals surface area contributed by atoms with Gasteiger partial charge in [-0.3, -0.25) is 24.0 Å². The molecule has 0 spiro atoms. The summed E-state index contributed by atoms with van der Waals surface area (Å²) in [4.78, 5) is 67.0. The molecule has 2 aromatic rings. The van der Waals surface area contributed by atoms with Crippen molar-refractivity contribution < 1.29 is 33.1 Å². The average Bonchev–Trinajstić information content (AvgIpc) is 3.58. The van der Waals surface area contributed by atoms with Gasteiger partial charge in [0.2, 0.25) is 23.6 Å². The fourth-order valence-corrected chi connectivity index (χ4v) is 5.34. The molecule has 248 valence electrons. The van der Waals surface area contributed by atoms with Gasteiger partial charge >= 0.3 is 0 Å². The van der Waals surface area contributed by atoms with Gasteiger partial charge in [0, 0.05) is 63.5 Å². The number of carbonyl (C=O) groups is 5. The van der Waals surface area contributed by atoms with Crippen LogP contribution in [-0.2, 0) is 30.3 Å². The summed E-state index contributed by atoms with van der Waals surface area (Å²) in [6, 6.07) is 9.08. The van der Waals surface area contributed by atoms with Crippen molar-refractivity contribution in [3.8, 4) is 0 Å². The van der Waals surface area contributed by atoms with Crippen LogP contribution in [0.15, 0.2) is 59.2 Å². The van der Waals surface area contributed by atoms with E-state index in [2.05, 4.69) is 26.6 Å². The van der Waals surface area contributed by atoms with Crippen LogP contribution < -0.4 is 32.3 Å². The van der Waals surface area contributed by atoms with E-state index in [4.69, 9.17) is 14.9 Å². The van der Waals surface area contributed by atoms with Gasteiger partial charge in [0.15, 0.2) is 0 Å². The van der Waals surface area contributed by atoms with Crippen molar-refractivity contribution in [2.24, 2.45) is 11.7 Å². The van der Waals surface area contributed by atoms with Gasteiger partial charge in [-0.25, -0.2) is 0 Å². The number of amides is 5. The Kier molecular flexibility index (Phi) is 13.2. The van der Waals surface area contributed by atoms with Gasteiger partial charge in [-0.2, -0.15) is 0 Å². The van der Waals surface area contributed by atoms with Crippen LogP contribution in [0.4, 0.5) is 5.69 Å². The van der Waals surface area contributed by atoms with Gasteiger partial charge in [-0.1, -0.05) is 12.1 Å². The van der Waals surface area contributed by atoms with Crippen molar-refractivity contribution in [3.63, 3.8) is 0 Å². The second kappa shape index (κ2) is 17.7. The van der Waals surface area contributed by atoms with Crippen molar-refractivity contribution in [3.05, 3.63) is 66.1 Å². The molecule has 1 saturated heterocycles. The zero-order valence-electron chi connectivity index (χ0n) is 25.8. The van der Waals surface area contributed by atoms with E-state index in [-0.39, 0.29) is 51.0 Å². The number of nitrogens with zero attached hydrogens (tertiary/aromatic N) is 1. The third-order valence-corrected chi connectivity index (χ3v) is 7.73. The number of para-hydroxylation sites is 1. The van der Waals surface area contributed by atoms with Crippen LogP contribution in [0.25, 0.3) is 0 Å². The molecule has 46 heavy (non-hydrogen) atoms. The lowest BCUT2D eigenvalue weighted by Gasteiger charge is -2.32. The lowest BCUT2D eigenvalue weighted by atomic mass is 9.96. The Bertz CT molecular complexity index is 1360. The quantitative estimate of drug-likeness (QED) is 0.215. The molecule has 0 unspecified atom stereocenters. The maximum absolute atomic E-state index is 13.5. The van der Waals surface area contributed by atoms with E-state index in [1.165, 1.54) is 6.08 Å². The second-order valence-electron chi connectivity index (χ2n) is 11.2. The Morgan fingerprint density at radius 3 is 2.67 bits per heavy atom. The van der Waals surface area contributed by atoms with E-state index in [1.807, 2.05) is 6.07 Å². The highest BCUT2D eigenvalue weighted by Crippen LogP contribution is 2.19. The Hall–Kier alpha value is -4.69. The van der Waals surface area contributed by atoms with Gasteiger partial charge in [-0.15, -0.1) is 0 Å². The van der Waals surface area contributed by atoms with E-state index in [0.29, 0.717) is 56.0 Å². The summed E-state index contributed by atoms with van der Waals surface area (Å²) >= 11 is 0. The van der Waals surface area contributed by atoms with Gasteiger partial charge in [0.05, 0.1) is 37.0 Å². The molecule has 4 rings (SSSR count). The first kappa shape index (κ1) is 34.2. The van der Waals surface area contributed by atoms with Crippen LogP contribution >= 0.6 is 0 Å². The SMILES string of the molecule is NCCOCCNC(=O)[C@@H]1CCNC(=O)/C=C/C(=O)N2CCC[C@H](C2)C(=O)N[C@@H](Cc2ccco2)CNc2ccccc2C(=O)N1. The average molecular weight is 638 g/mol. The minimum Gasteiger partial charge on any atom is -0.469 e. The predicted molar refractivity (Wildman–Crippen MR) is 169 cm³/mol.